The molecule has 3 nitrogen and oxygen atoms in total. The lowest BCUT2D eigenvalue weighted by atomic mass is 10.2. The summed E-state index contributed by atoms with van der Waals surface area (Å²) in [6, 6.07) is 0. The maximum atomic E-state index is 9.99. The lowest BCUT2D eigenvalue weighted by Gasteiger charge is -2.24. The van der Waals surface area contributed by atoms with Crippen LogP contribution >= 0.6 is 0 Å². The van der Waals surface area contributed by atoms with Crippen molar-refractivity contribution < 1.29 is 9.84 Å². The SMILES string of the molecule is O[C@H](COC1CCCC1)CN1CCCCCC1. The van der Waals surface area contributed by atoms with Gasteiger partial charge >= 0.3 is 0 Å². The highest BCUT2D eigenvalue weighted by atomic mass is 16.5. The maximum absolute atomic E-state index is 9.99. The molecule has 1 saturated heterocycles. The maximum Gasteiger partial charge on any atom is 0.0900 e. The first-order chi connectivity index (χ1) is 8.34. The van der Waals surface area contributed by atoms with Crippen molar-refractivity contribution in [2.45, 2.75) is 63.6 Å². The van der Waals surface area contributed by atoms with E-state index in [1.165, 1.54) is 51.4 Å². The van der Waals surface area contributed by atoms with Crippen molar-refractivity contribution in [3.05, 3.63) is 0 Å². The van der Waals surface area contributed by atoms with E-state index in [0.29, 0.717) is 12.7 Å². The Morgan fingerprint density at radius 3 is 2.29 bits per heavy atom. The summed E-state index contributed by atoms with van der Waals surface area (Å²) in [5, 5.41) is 9.99. The third-order valence-electron chi connectivity index (χ3n) is 3.99. The van der Waals surface area contributed by atoms with Crippen molar-refractivity contribution in [2.24, 2.45) is 0 Å². The molecule has 0 aromatic rings. The molecular weight excluding hydrogens is 214 g/mol. The van der Waals surface area contributed by atoms with E-state index in [0.717, 1.165) is 19.6 Å². The molecule has 17 heavy (non-hydrogen) atoms. The molecule has 0 unspecified atom stereocenters. The van der Waals surface area contributed by atoms with Crippen LogP contribution in [0.1, 0.15) is 51.4 Å². The third-order valence-corrected chi connectivity index (χ3v) is 3.99. The van der Waals surface area contributed by atoms with Crippen LogP contribution in [0.3, 0.4) is 0 Å². The zero-order chi connectivity index (χ0) is 11.9. The summed E-state index contributed by atoms with van der Waals surface area (Å²) >= 11 is 0. The highest BCUT2D eigenvalue weighted by Crippen LogP contribution is 2.21. The van der Waals surface area contributed by atoms with Gasteiger partial charge in [0.1, 0.15) is 0 Å². The largest absolute Gasteiger partial charge is 0.389 e. The Labute approximate surface area is 105 Å². The monoisotopic (exact) mass is 241 g/mol. The minimum atomic E-state index is -0.297. The van der Waals surface area contributed by atoms with Gasteiger partial charge in [0, 0.05) is 6.54 Å². The van der Waals surface area contributed by atoms with Gasteiger partial charge in [0.25, 0.3) is 0 Å². The minimum Gasteiger partial charge on any atom is -0.389 e. The predicted octanol–water partition coefficient (Wildman–Crippen LogP) is 2.18. The molecule has 1 aliphatic heterocycles. The van der Waals surface area contributed by atoms with Crippen LogP contribution in [0.25, 0.3) is 0 Å². The Morgan fingerprint density at radius 1 is 1.00 bits per heavy atom. The Hall–Kier alpha value is -0.120. The van der Waals surface area contributed by atoms with Gasteiger partial charge in [-0.2, -0.15) is 0 Å². The van der Waals surface area contributed by atoms with E-state index < -0.39 is 0 Å². The van der Waals surface area contributed by atoms with Gasteiger partial charge < -0.3 is 14.7 Å². The third kappa shape index (κ3) is 4.94. The van der Waals surface area contributed by atoms with Crippen LogP contribution in [-0.2, 0) is 4.74 Å². The highest BCUT2D eigenvalue weighted by molar-refractivity contribution is 4.70. The quantitative estimate of drug-likeness (QED) is 0.801. The zero-order valence-corrected chi connectivity index (χ0v) is 10.9. The van der Waals surface area contributed by atoms with Crippen molar-refractivity contribution in [1.29, 1.82) is 0 Å². The molecule has 0 amide bonds. The van der Waals surface area contributed by atoms with Gasteiger partial charge in [-0.05, 0) is 38.8 Å². The van der Waals surface area contributed by atoms with Crippen LogP contribution in [0.15, 0.2) is 0 Å². The first kappa shape index (κ1) is 13.3. The Bertz CT molecular complexity index is 196. The molecule has 1 heterocycles. The van der Waals surface area contributed by atoms with E-state index >= 15 is 0 Å². The van der Waals surface area contributed by atoms with Gasteiger partial charge in [-0.25, -0.2) is 0 Å². The Morgan fingerprint density at radius 2 is 1.65 bits per heavy atom. The topological polar surface area (TPSA) is 32.7 Å². The van der Waals surface area contributed by atoms with E-state index in [2.05, 4.69) is 4.90 Å². The molecule has 2 fully saturated rings. The second-order valence-electron chi connectivity index (χ2n) is 5.61. The summed E-state index contributed by atoms with van der Waals surface area (Å²) in [6.45, 7) is 3.63. The number of rotatable bonds is 5. The van der Waals surface area contributed by atoms with E-state index in [4.69, 9.17) is 4.74 Å². The van der Waals surface area contributed by atoms with E-state index in [-0.39, 0.29) is 6.10 Å². The summed E-state index contributed by atoms with van der Waals surface area (Å²) in [6.07, 6.45) is 10.4. The number of β-amino-alcohol motifs (C(OH)–C–C–N with tert-alkyl or cyclic N) is 1. The van der Waals surface area contributed by atoms with Crippen molar-refractivity contribution >= 4 is 0 Å². The fourth-order valence-corrected chi connectivity index (χ4v) is 2.97. The molecule has 0 aromatic carbocycles. The number of likely N-dealkylation sites (tertiary alicyclic amines) is 1. The fraction of sp³-hybridized carbons (Fsp3) is 1.00. The van der Waals surface area contributed by atoms with Gasteiger partial charge in [0.05, 0.1) is 18.8 Å². The molecule has 0 radical (unpaired) electrons. The summed E-state index contributed by atoms with van der Waals surface area (Å²) in [7, 11) is 0. The van der Waals surface area contributed by atoms with Gasteiger partial charge in [-0.15, -0.1) is 0 Å². The number of hydrogen-bond acceptors (Lipinski definition) is 3. The minimum absolute atomic E-state index is 0.297. The van der Waals surface area contributed by atoms with Gasteiger partial charge in [0.15, 0.2) is 0 Å². The lowest BCUT2D eigenvalue weighted by molar-refractivity contribution is -0.0180. The van der Waals surface area contributed by atoms with E-state index in [9.17, 15) is 5.11 Å². The molecule has 1 aliphatic carbocycles. The van der Waals surface area contributed by atoms with Crippen molar-refractivity contribution in [2.75, 3.05) is 26.2 Å². The first-order valence-corrected chi connectivity index (χ1v) is 7.36. The molecule has 2 aliphatic rings. The van der Waals surface area contributed by atoms with Gasteiger partial charge in [0.2, 0.25) is 0 Å². The van der Waals surface area contributed by atoms with E-state index in [1.807, 2.05) is 0 Å². The van der Waals surface area contributed by atoms with Crippen LogP contribution in [0.5, 0.6) is 0 Å². The normalized spacial score (nSPS) is 25.9. The molecule has 2 rings (SSSR count). The number of aliphatic hydroxyl groups excluding tert-OH is 1. The van der Waals surface area contributed by atoms with E-state index in [1.54, 1.807) is 0 Å². The molecule has 0 bridgehead atoms. The van der Waals surface area contributed by atoms with Crippen LogP contribution in [0, 0.1) is 0 Å². The molecule has 3 heteroatoms. The van der Waals surface area contributed by atoms with Crippen LogP contribution in [-0.4, -0.2) is 48.5 Å². The molecule has 1 saturated carbocycles. The predicted molar refractivity (Wildman–Crippen MR) is 69.1 cm³/mol. The molecule has 1 N–H and O–H groups in total. The zero-order valence-electron chi connectivity index (χ0n) is 10.9. The molecule has 100 valence electrons. The van der Waals surface area contributed by atoms with Gasteiger partial charge in [-0.3, -0.25) is 0 Å². The van der Waals surface area contributed by atoms with Gasteiger partial charge in [-0.1, -0.05) is 25.7 Å². The molecular formula is C14H27NO2. The summed E-state index contributed by atoms with van der Waals surface area (Å²) in [5.41, 5.74) is 0. The van der Waals surface area contributed by atoms with Crippen LogP contribution < -0.4 is 0 Å². The van der Waals surface area contributed by atoms with Crippen LogP contribution in [0.4, 0.5) is 0 Å². The smallest absolute Gasteiger partial charge is 0.0900 e. The van der Waals surface area contributed by atoms with Crippen molar-refractivity contribution in [3.8, 4) is 0 Å². The first-order valence-electron chi connectivity index (χ1n) is 7.36. The number of hydrogen-bond donors (Lipinski definition) is 1. The Kier molecular flexibility index (Phi) is 5.75. The molecule has 0 aromatic heterocycles. The highest BCUT2D eigenvalue weighted by Gasteiger charge is 2.18. The average molecular weight is 241 g/mol. The number of ether oxygens (including phenoxy) is 1. The second kappa shape index (κ2) is 7.34. The summed E-state index contributed by atoms with van der Waals surface area (Å²) in [5.74, 6) is 0. The number of nitrogens with zero attached hydrogens (tertiary/aromatic N) is 1. The lowest BCUT2D eigenvalue weighted by Crippen LogP contribution is -2.36. The summed E-state index contributed by atoms with van der Waals surface area (Å²) in [4.78, 5) is 2.40. The molecule has 0 spiro atoms. The van der Waals surface area contributed by atoms with Crippen molar-refractivity contribution in [1.82, 2.24) is 4.90 Å². The molecule has 1 atom stereocenters. The number of aliphatic hydroxyl groups is 1. The second-order valence-corrected chi connectivity index (χ2v) is 5.61. The Balaban J connectivity index is 1.59. The van der Waals surface area contributed by atoms with Crippen molar-refractivity contribution in [3.63, 3.8) is 0 Å². The summed E-state index contributed by atoms with van der Waals surface area (Å²) < 4.78 is 5.76. The average Bonchev–Trinajstić information content (AvgIpc) is 2.72. The van der Waals surface area contributed by atoms with Crippen LogP contribution in [0.2, 0.25) is 0 Å². The fourth-order valence-electron chi connectivity index (χ4n) is 2.97. The standard InChI is InChI=1S/C14H27NO2/c16-13(12-17-14-7-3-4-8-14)11-15-9-5-1-2-6-10-15/h13-14,16H,1-12H2/t13-/m0/s1.